The first kappa shape index (κ1) is 12.4. The van der Waals surface area contributed by atoms with Crippen LogP contribution < -0.4 is 10.6 Å². The Morgan fingerprint density at radius 3 is 3.00 bits per heavy atom. The zero-order valence-electron chi connectivity index (χ0n) is 9.73. The van der Waals surface area contributed by atoms with Gasteiger partial charge in [0.2, 0.25) is 0 Å². The fourth-order valence-electron chi connectivity index (χ4n) is 1.28. The number of rotatable bonds is 5. The molecule has 1 aromatic heterocycles. The van der Waals surface area contributed by atoms with Crippen molar-refractivity contribution in [3.63, 3.8) is 0 Å². The molecule has 0 aliphatic rings. The molecule has 0 unspecified atom stereocenters. The average molecular weight is 222 g/mol. The highest BCUT2D eigenvalue weighted by Gasteiger charge is 2.12. The molecule has 1 aromatic rings. The molecule has 0 aliphatic heterocycles. The number of carbonyl (C=O) groups is 1. The number of carbonyl (C=O) groups excluding carboxylic acids is 1. The van der Waals surface area contributed by atoms with Crippen LogP contribution in [0.4, 0.5) is 5.82 Å². The van der Waals surface area contributed by atoms with Crippen LogP contribution in [0, 0.1) is 6.07 Å². The van der Waals surface area contributed by atoms with Crippen LogP contribution in [0.3, 0.4) is 0 Å². The highest BCUT2D eigenvalue weighted by atomic mass is 16.5. The number of hydrogen-bond donors (Lipinski definition) is 1. The molecule has 0 bridgehead atoms. The minimum atomic E-state index is -0.574. The Kier molecular flexibility index (Phi) is 4.25. The maximum absolute atomic E-state index is 11.0. The van der Waals surface area contributed by atoms with Gasteiger partial charge in [0.25, 0.3) is 5.91 Å². The molecule has 1 radical (unpaired) electrons. The summed E-state index contributed by atoms with van der Waals surface area (Å²) in [6, 6.07) is 6.27. The molecular formula is C11H16N3O2. The molecule has 0 fully saturated rings. The normalized spacial score (nSPS) is 12.2. The number of primary amides is 1. The van der Waals surface area contributed by atoms with E-state index in [1.165, 1.54) is 0 Å². The topological polar surface area (TPSA) is 68.5 Å². The Labute approximate surface area is 95.2 Å². The van der Waals surface area contributed by atoms with Crippen molar-refractivity contribution in [1.29, 1.82) is 0 Å². The monoisotopic (exact) mass is 222 g/mol. The Balaban J connectivity index is 2.86. The molecule has 1 atom stereocenters. The van der Waals surface area contributed by atoms with Crippen LogP contribution in [0.1, 0.15) is 17.4 Å². The number of aromatic nitrogens is 1. The van der Waals surface area contributed by atoms with E-state index in [2.05, 4.69) is 11.1 Å². The number of likely N-dealkylation sites (N-methyl/N-ethyl adjacent to an activating group) is 1. The number of amides is 1. The van der Waals surface area contributed by atoms with Gasteiger partial charge in [-0.05, 0) is 19.1 Å². The molecule has 2 N–H and O–H groups in total. The standard InChI is InChI=1S/C11H16N3O2/c1-8(7-16-3)14(2)10-6-4-5-9(13-10)11(12)15/h4,6,8H,7H2,1-3H3,(H2,12,15)/t8-/m0/s1. The molecule has 0 aliphatic carbocycles. The molecule has 0 spiro atoms. The smallest absolute Gasteiger partial charge is 0.268 e. The van der Waals surface area contributed by atoms with E-state index < -0.39 is 5.91 Å². The Hall–Kier alpha value is -1.62. The number of nitrogens with two attached hydrogens (primary N) is 1. The molecule has 5 nitrogen and oxygen atoms in total. The van der Waals surface area contributed by atoms with Crippen LogP contribution in [0.25, 0.3) is 0 Å². The van der Waals surface area contributed by atoms with Crippen molar-refractivity contribution in [3.8, 4) is 0 Å². The van der Waals surface area contributed by atoms with Gasteiger partial charge < -0.3 is 15.4 Å². The van der Waals surface area contributed by atoms with Crippen molar-refractivity contribution in [2.45, 2.75) is 13.0 Å². The van der Waals surface area contributed by atoms with Crippen LogP contribution >= 0.6 is 0 Å². The first-order valence-corrected chi connectivity index (χ1v) is 4.96. The van der Waals surface area contributed by atoms with Crippen LogP contribution in [0.2, 0.25) is 0 Å². The van der Waals surface area contributed by atoms with Crippen LogP contribution in [0.15, 0.2) is 12.1 Å². The molecule has 5 heteroatoms. The lowest BCUT2D eigenvalue weighted by molar-refractivity contribution is 0.0995. The van der Waals surface area contributed by atoms with E-state index in [0.29, 0.717) is 12.4 Å². The van der Waals surface area contributed by atoms with Crippen molar-refractivity contribution >= 4 is 11.7 Å². The largest absolute Gasteiger partial charge is 0.383 e. The van der Waals surface area contributed by atoms with Crippen molar-refractivity contribution in [3.05, 3.63) is 23.9 Å². The Morgan fingerprint density at radius 1 is 1.75 bits per heavy atom. The van der Waals surface area contributed by atoms with E-state index in [1.54, 1.807) is 19.2 Å². The maximum atomic E-state index is 11.0. The van der Waals surface area contributed by atoms with Crippen molar-refractivity contribution < 1.29 is 9.53 Å². The minimum Gasteiger partial charge on any atom is -0.383 e. The summed E-state index contributed by atoms with van der Waals surface area (Å²) >= 11 is 0. The number of hydrogen-bond acceptors (Lipinski definition) is 4. The number of methoxy groups -OCH3 is 1. The van der Waals surface area contributed by atoms with Gasteiger partial charge in [0.1, 0.15) is 11.5 Å². The van der Waals surface area contributed by atoms with Crippen molar-refractivity contribution in [2.75, 3.05) is 25.7 Å². The zero-order chi connectivity index (χ0) is 12.1. The molecular weight excluding hydrogens is 206 g/mol. The third kappa shape index (κ3) is 2.93. The second-order valence-corrected chi connectivity index (χ2v) is 3.58. The minimum absolute atomic E-state index is 0.147. The lowest BCUT2D eigenvalue weighted by Gasteiger charge is -2.25. The van der Waals surface area contributed by atoms with Gasteiger partial charge in [-0.1, -0.05) is 0 Å². The third-order valence-electron chi connectivity index (χ3n) is 2.34. The molecule has 87 valence electrons. The molecule has 1 heterocycles. The van der Waals surface area contributed by atoms with Gasteiger partial charge in [0, 0.05) is 20.2 Å². The fourth-order valence-corrected chi connectivity index (χ4v) is 1.28. The molecule has 16 heavy (non-hydrogen) atoms. The van der Waals surface area contributed by atoms with E-state index in [9.17, 15) is 4.79 Å². The van der Waals surface area contributed by atoms with Crippen LogP contribution in [0.5, 0.6) is 0 Å². The van der Waals surface area contributed by atoms with E-state index in [1.807, 2.05) is 18.9 Å². The van der Waals surface area contributed by atoms with Crippen molar-refractivity contribution in [2.24, 2.45) is 5.73 Å². The molecule has 0 saturated carbocycles. The first-order valence-electron chi connectivity index (χ1n) is 4.96. The van der Waals surface area contributed by atoms with Gasteiger partial charge in [-0.25, -0.2) is 4.98 Å². The maximum Gasteiger partial charge on any atom is 0.268 e. The lowest BCUT2D eigenvalue weighted by atomic mass is 10.3. The predicted octanol–water partition coefficient (Wildman–Crippen LogP) is 0.452. The van der Waals surface area contributed by atoms with Gasteiger partial charge in [-0.15, -0.1) is 0 Å². The molecule has 1 rings (SSSR count). The first-order chi connectivity index (χ1) is 7.56. The summed E-state index contributed by atoms with van der Waals surface area (Å²) in [7, 11) is 3.53. The second kappa shape index (κ2) is 5.46. The van der Waals surface area contributed by atoms with E-state index in [0.717, 1.165) is 0 Å². The van der Waals surface area contributed by atoms with E-state index in [4.69, 9.17) is 10.5 Å². The zero-order valence-corrected chi connectivity index (χ0v) is 9.73. The third-order valence-corrected chi connectivity index (χ3v) is 2.34. The number of pyridine rings is 1. The molecule has 0 aromatic carbocycles. The summed E-state index contributed by atoms with van der Waals surface area (Å²) in [5.74, 6) is 0.103. The van der Waals surface area contributed by atoms with Gasteiger partial charge in [-0.2, -0.15) is 0 Å². The Morgan fingerprint density at radius 2 is 2.44 bits per heavy atom. The SMILES string of the molecule is COC[C@H](C)N(C)c1cc[c]c(C(N)=O)n1. The lowest BCUT2D eigenvalue weighted by Crippen LogP contribution is -2.33. The summed E-state index contributed by atoms with van der Waals surface area (Å²) in [5.41, 5.74) is 5.29. The summed E-state index contributed by atoms with van der Waals surface area (Å²) in [5, 5.41) is 0. The number of nitrogens with zero attached hydrogens (tertiary/aromatic N) is 2. The summed E-state index contributed by atoms with van der Waals surface area (Å²) in [6.07, 6.45) is 0. The van der Waals surface area contributed by atoms with Crippen molar-refractivity contribution in [1.82, 2.24) is 4.98 Å². The summed E-state index contributed by atoms with van der Waals surface area (Å²) < 4.78 is 5.06. The fraction of sp³-hybridized carbons (Fsp3) is 0.455. The quantitative estimate of drug-likeness (QED) is 0.785. The van der Waals surface area contributed by atoms with Gasteiger partial charge in [0.05, 0.1) is 12.6 Å². The second-order valence-electron chi connectivity index (χ2n) is 3.58. The molecule has 1 amide bonds. The number of ether oxygens (including phenoxy) is 1. The Bertz CT molecular complexity index is 368. The average Bonchev–Trinajstić information content (AvgIpc) is 2.28. The van der Waals surface area contributed by atoms with Gasteiger partial charge >= 0.3 is 0 Å². The van der Waals surface area contributed by atoms with Crippen LogP contribution in [-0.2, 0) is 4.74 Å². The predicted molar refractivity (Wildman–Crippen MR) is 61.3 cm³/mol. The van der Waals surface area contributed by atoms with E-state index >= 15 is 0 Å². The summed E-state index contributed by atoms with van der Waals surface area (Å²) in [6.45, 7) is 2.59. The highest BCUT2D eigenvalue weighted by Crippen LogP contribution is 2.12. The van der Waals surface area contributed by atoms with Crippen LogP contribution in [-0.4, -0.2) is 37.7 Å². The molecule has 0 saturated heterocycles. The van der Waals surface area contributed by atoms with E-state index in [-0.39, 0.29) is 11.7 Å². The highest BCUT2D eigenvalue weighted by molar-refractivity contribution is 5.90. The number of anilines is 1. The van der Waals surface area contributed by atoms with Gasteiger partial charge in [-0.3, -0.25) is 4.79 Å². The summed E-state index contributed by atoms with van der Waals surface area (Å²) in [4.78, 5) is 17.0. The van der Waals surface area contributed by atoms with Gasteiger partial charge in [0.15, 0.2) is 0 Å².